The van der Waals surface area contributed by atoms with Gasteiger partial charge in [-0.05, 0) is 60.2 Å². The summed E-state index contributed by atoms with van der Waals surface area (Å²) in [5.41, 5.74) is 10.5. The second-order valence-electron chi connectivity index (χ2n) is 8.29. The van der Waals surface area contributed by atoms with Gasteiger partial charge in [-0.2, -0.15) is 0 Å². The maximum Gasteiger partial charge on any atom is 0.132 e. The molecule has 0 bridgehead atoms. The van der Waals surface area contributed by atoms with Gasteiger partial charge >= 0.3 is 0 Å². The summed E-state index contributed by atoms with van der Waals surface area (Å²) >= 11 is 1.83. The van der Waals surface area contributed by atoms with Gasteiger partial charge in [0.1, 0.15) is 12.1 Å². The molecule has 8 heteroatoms. The second-order valence-corrected chi connectivity index (χ2v) is 9.46. The zero-order chi connectivity index (χ0) is 22.6. The zero-order valence-corrected chi connectivity index (χ0v) is 19.4. The molecule has 0 atom stereocenters. The summed E-state index contributed by atoms with van der Waals surface area (Å²) in [7, 11) is 0. The van der Waals surface area contributed by atoms with Crippen LogP contribution in [0.3, 0.4) is 0 Å². The molecule has 2 saturated heterocycles. The average Bonchev–Trinajstić information content (AvgIpc) is 3.38. The average molecular weight is 461 g/mol. The predicted octanol–water partition coefficient (Wildman–Crippen LogP) is 4.08. The Morgan fingerprint density at radius 1 is 0.909 bits per heavy atom. The van der Waals surface area contributed by atoms with Gasteiger partial charge in [0, 0.05) is 48.4 Å². The molecule has 0 amide bonds. The number of nitrogens with one attached hydrogen (secondary N) is 1. The van der Waals surface area contributed by atoms with E-state index in [1.165, 1.54) is 24.1 Å². The predicted molar refractivity (Wildman–Crippen MR) is 134 cm³/mol. The van der Waals surface area contributed by atoms with Crippen LogP contribution in [0.1, 0.15) is 24.1 Å². The summed E-state index contributed by atoms with van der Waals surface area (Å²) in [6, 6.07) is 16.3. The van der Waals surface area contributed by atoms with E-state index in [9.17, 15) is 0 Å². The SMILES string of the molecule is N=C(c1cc(N2CCOCC2)ncn1)c1cc(-c2ccc(SN3CCCC3)cc2)ccc1N. The van der Waals surface area contributed by atoms with Crippen LogP contribution in [0.5, 0.6) is 0 Å². The van der Waals surface area contributed by atoms with E-state index >= 15 is 0 Å². The standard InChI is InChI=1S/C25H28N6OS/c26-22-8-5-19(18-3-6-20(7-4-18)33-31-9-1-2-10-31)15-21(22)25(27)23-16-24(29-17-28-23)30-11-13-32-14-12-30/h3-8,15-17,27H,1-2,9-14,26H2. The highest BCUT2D eigenvalue weighted by atomic mass is 32.2. The fourth-order valence-corrected chi connectivity index (χ4v) is 5.17. The van der Waals surface area contributed by atoms with Gasteiger partial charge in [0.05, 0.1) is 24.6 Å². The van der Waals surface area contributed by atoms with E-state index in [2.05, 4.69) is 43.4 Å². The summed E-state index contributed by atoms with van der Waals surface area (Å²) in [6.45, 7) is 5.25. The van der Waals surface area contributed by atoms with Crippen molar-refractivity contribution in [2.45, 2.75) is 17.7 Å². The first kappa shape index (κ1) is 21.9. The van der Waals surface area contributed by atoms with Gasteiger partial charge in [-0.15, -0.1) is 0 Å². The molecule has 1 aromatic heterocycles. The molecule has 3 heterocycles. The van der Waals surface area contributed by atoms with Crippen molar-refractivity contribution in [1.82, 2.24) is 14.3 Å². The first-order chi connectivity index (χ1) is 16.2. The van der Waals surface area contributed by atoms with E-state index in [4.69, 9.17) is 15.9 Å². The quantitative estimate of drug-likeness (QED) is 0.325. The van der Waals surface area contributed by atoms with Gasteiger partial charge in [-0.3, -0.25) is 5.41 Å². The normalized spacial score (nSPS) is 16.8. The Morgan fingerprint density at radius 2 is 1.64 bits per heavy atom. The van der Waals surface area contributed by atoms with Crippen LogP contribution in [0.15, 0.2) is 59.8 Å². The molecule has 2 aromatic carbocycles. The van der Waals surface area contributed by atoms with Crippen molar-refractivity contribution in [1.29, 1.82) is 5.41 Å². The van der Waals surface area contributed by atoms with Crippen molar-refractivity contribution < 1.29 is 4.74 Å². The number of anilines is 2. The molecule has 0 saturated carbocycles. The van der Waals surface area contributed by atoms with Crippen molar-refractivity contribution in [2.75, 3.05) is 50.0 Å². The van der Waals surface area contributed by atoms with Crippen LogP contribution in [0, 0.1) is 5.41 Å². The van der Waals surface area contributed by atoms with Crippen LogP contribution in [0.4, 0.5) is 11.5 Å². The van der Waals surface area contributed by atoms with E-state index in [1.807, 2.05) is 36.2 Å². The molecule has 7 nitrogen and oxygen atoms in total. The molecule has 3 aromatic rings. The van der Waals surface area contributed by atoms with E-state index in [-0.39, 0.29) is 0 Å². The van der Waals surface area contributed by atoms with E-state index < -0.39 is 0 Å². The van der Waals surface area contributed by atoms with E-state index in [1.54, 1.807) is 0 Å². The van der Waals surface area contributed by atoms with Gasteiger partial charge in [0.15, 0.2) is 0 Å². The van der Waals surface area contributed by atoms with Crippen molar-refractivity contribution >= 4 is 29.2 Å². The maximum atomic E-state index is 8.82. The zero-order valence-electron chi connectivity index (χ0n) is 18.5. The van der Waals surface area contributed by atoms with E-state index in [0.29, 0.717) is 35.9 Å². The monoisotopic (exact) mass is 460 g/mol. The Bertz CT molecular complexity index is 1120. The van der Waals surface area contributed by atoms with Crippen molar-refractivity contribution in [2.24, 2.45) is 0 Å². The molecule has 0 radical (unpaired) electrons. The second kappa shape index (κ2) is 9.91. The first-order valence-corrected chi connectivity index (χ1v) is 12.1. The number of nitrogens with two attached hydrogens (primary N) is 1. The summed E-state index contributed by atoms with van der Waals surface area (Å²) < 4.78 is 7.85. The molecule has 2 aliphatic heterocycles. The third-order valence-electron chi connectivity index (χ3n) is 6.05. The fourth-order valence-electron chi connectivity index (χ4n) is 4.18. The van der Waals surface area contributed by atoms with Crippen LogP contribution in [0.25, 0.3) is 11.1 Å². The number of benzene rings is 2. The molecule has 3 N–H and O–H groups in total. The lowest BCUT2D eigenvalue weighted by atomic mass is 9.98. The molecule has 5 rings (SSSR count). The summed E-state index contributed by atoms with van der Waals surface area (Å²) in [5.74, 6) is 0.814. The van der Waals surface area contributed by atoms with Gasteiger partial charge in [-0.25, -0.2) is 14.3 Å². The molecule has 2 fully saturated rings. The highest BCUT2D eigenvalue weighted by Gasteiger charge is 2.17. The Morgan fingerprint density at radius 3 is 2.39 bits per heavy atom. The number of aromatic nitrogens is 2. The number of nitrogen functional groups attached to an aromatic ring is 1. The van der Waals surface area contributed by atoms with Crippen LogP contribution in [-0.2, 0) is 4.74 Å². The molecule has 0 unspecified atom stereocenters. The number of hydrogen-bond acceptors (Lipinski definition) is 8. The van der Waals surface area contributed by atoms with Gasteiger partial charge in [0.25, 0.3) is 0 Å². The van der Waals surface area contributed by atoms with Crippen LogP contribution in [-0.4, -0.2) is 59.4 Å². The third kappa shape index (κ3) is 5.03. The van der Waals surface area contributed by atoms with Gasteiger partial charge in [0.2, 0.25) is 0 Å². The van der Waals surface area contributed by atoms with Gasteiger partial charge < -0.3 is 15.4 Å². The summed E-state index contributed by atoms with van der Waals surface area (Å²) in [5, 5.41) is 8.82. The van der Waals surface area contributed by atoms with E-state index in [0.717, 1.165) is 43.1 Å². The molecular weight excluding hydrogens is 432 g/mol. The lowest BCUT2D eigenvalue weighted by Crippen LogP contribution is -2.36. The number of rotatable bonds is 6. The highest BCUT2D eigenvalue weighted by Crippen LogP contribution is 2.30. The molecule has 0 aliphatic carbocycles. The minimum absolute atomic E-state index is 0.299. The number of hydrogen-bond donors (Lipinski definition) is 2. The van der Waals surface area contributed by atoms with Crippen molar-refractivity contribution in [3.63, 3.8) is 0 Å². The number of ether oxygens (including phenoxy) is 1. The van der Waals surface area contributed by atoms with Gasteiger partial charge in [-0.1, -0.05) is 18.2 Å². The smallest absolute Gasteiger partial charge is 0.132 e. The van der Waals surface area contributed by atoms with Crippen LogP contribution < -0.4 is 10.6 Å². The molecule has 0 spiro atoms. The van der Waals surface area contributed by atoms with Crippen molar-refractivity contribution in [3.8, 4) is 11.1 Å². The largest absolute Gasteiger partial charge is 0.398 e. The molecule has 2 aliphatic rings. The maximum absolute atomic E-state index is 8.82. The molecule has 170 valence electrons. The summed E-state index contributed by atoms with van der Waals surface area (Å²) in [6.07, 6.45) is 4.09. The Labute approximate surface area is 198 Å². The third-order valence-corrected chi connectivity index (χ3v) is 7.16. The number of morpholine rings is 1. The molecular formula is C25H28N6OS. The fraction of sp³-hybridized carbons (Fsp3) is 0.320. The molecule has 33 heavy (non-hydrogen) atoms. The first-order valence-electron chi connectivity index (χ1n) is 11.3. The van der Waals surface area contributed by atoms with Crippen LogP contribution in [0.2, 0.25) is 0 Å². The minimum Gasteiger partial charge on any atom is -0.398 e. The lowest BCUT2D eigenvalue weighted by Gasteiger charge is -2.27. The lowest BCUT2D eigenvalue weighted by molar-refractivity contribution is 0.122. The Hall–Kier alpha value is -2.94. The Kier molecular flexibility index (Phi) is 6.57. The topological polar surface area (TPSA) is 91.4 Å². The minimum atomic E-state index is 0.299. The Balaban J connectivity index is 1.37. The number of nitrogens with zero attached hydrogens (tertiary/aromatic N) is 4. The highest BCUT2D eigenvalue weighted by molar-refractivity contribution is 7.97. The summed E-state index contributed by atoms with van der Waals surface area (Å²) in [4.78, 5) is 12.2. The van der Waals surface area contributed by atoms with Crippen molar-refractivity contribution in [3.05, 3.63) is 66.1 Å². The van der Waals surface area contributed by atoms with Crippen LogP contribution >= 0.6 is 11.9 Å².